The van der Waals surface area contributed by atoms with Gasteiger partial charge in [0.2, 0.25) is 0 Å². The van der Waals surface area contributed by atoms with Gasteiger partial charge in [-0.1, -0.05) is 51.4 Å². The largest absolute Gasteiger partial charge is 0.399 e. The van der Waals surface area contributed by atoms with Crippen molar-refractivity contribution in [3.63, 3.8) is 0 Å². The fourth-order valence-corrected chi connectivity index (χ4v) is 2.24. The van der Waals surface area contributed by atoms with Crippen LogP contribution in [0.1, 0.15) is 11.1 Å². The Hall–Kier alpha value is -2.21. The minimum atomic E-state index is -0.437. The molecule has 0 N–H and O–H groups in total. The molecule has 0 unspecified atom stereocenters. The first-order chi connectivity index (χ1) is 9.63. The van der Waals surface area contributed by atoms with Crippen LogP contribution >= 0.6 is 15.9 Å². The zero-order chi connectivity index (χ0) is 14.5. The Morgan fingerprint density at radius 2 is 2.00 bits per heavy atom. The molecular weight excluding hydrogens is 324 g/mol. The van der Waals surface area contributed by atoms with Gasteiger partial charge in [0.25, 0.3) is 5.69 Å². The first kappa shape index (κ1) is 14.2. The Bertz CT molecular complexity index is 671. The van der Waals surface area contributed by atoms with Gasteiger partial charge in [0.05, 0.1) is 4.92 Å². The standard InChI is InChI=1S/C14H11BrN2O3/c1-20-16-14(12-7-2-3-8-13(12)15)10-5-4-6-11(9-10)17(18)19/h2-9H,1H3/b16-14+. The van der Waals surface area contributed by atoms with Crippen molar-refractivity contribution in [2.24, 2.45) is 5.16 Å². The summed E-state index contributed by atoms with van der Waals surface area (Å²) in [5.74, 6) is 0. The van der Waals surface area contributed by atoms with Gasteiger partial charge in [-0.3, -0.25) is 10.1 Å². The first-order valence-electron chi connectivity index (χ1n) is 5.74. The maximum Gasteiger partial charge on any atom is 0.270 e. The Kier molecular flexibility index (Phi) is 4.47. The zero-order valence-corrected chi connectivity index (χ0v) is 12.2. The van der Waals surface area contributed by atoms with Crippen LogP contribution in [0.5, 0.6) is 0 Å². The number of hydrogen-bond donors (Lipinski definition) is 0. The zero-order valence-electron chi connectivity index (χ0n) is 10.6. The summed E-state index contributed by atoms with van der Waals surface area (Å²) in [6.07, 6.45) is 0. The van der Waals surface area contributed by atoms with Gasteiger partial charge in [0.15, 0.2) is 0 Å². The van der Waals surface area contributed by atoms with E-state index in [1.54, 1.807) is 12.1 Å². The average molecular weight is 335 g/mol. The molecule has 0 aliphatic carbocycles. The summed E-state index contributed by atoms with van der Waals surface area (Å²) in [5.41, 5.74) is 1.96. The number of rotatable bonds is 4. The smallest absolute Gasteiger partial charge is 0.270 e. The van der Waals surface area contributed by atoms with E-state index in [2.05, 4.69) is 21.1 Å². The van der Waals surface area contributed by atoms with E-state index in [9.17, 15) is 10.1 Å². The molecule has 0 spiro atoms. The van der Waals surface area contributed by atoms with Crippen LogP contribution in [0, 0.1) is 10.1 Å². The quantitative estimate of drug-likeness (QED) is 0.485. The summed E-state index contributed by atoms with van der Waals surface area (Å²) < 4.78 is 0.835. The van der Waals surface area contributed by atoms with Gasteiger partial charge in [-0.05, 0) is 6.07 Å². The van der Waals surface area contributed by atoms with E-state index < -0.39 is 4.92 Å². The number of nitro benzene ring substituents is 1. The minimum Gasteiger partial charge on any atom is -0.399 e. The molecule has 0 aromatic heterocycles. The number of oxime groups is 1. The van der Waals surface area contributed by atoms with Gasteiger partial charge in [0, 0.05) is 27.7 Å². The summed E-state index contributed by atoms with van der Waals surface area (Å²) in [7, 11) is 1.44. The van der Waals surface area contributed by atoms with E-state index in [1.165, 1.54) is 19.2 Å². The molecule has 2 aromatic rings. The highest BCUT2D eigenvalue weighted by Gasteiger charge is 2.14. The molecule has 102 valence electrons. The van der Waals surface area contributed by atoms with Crippen LogP contribution in [0.25, 0.3) is 0 Å². The van der Waals surface area contributed by atoms with Crippen molar-refractivity contribution in [2.45, 2.75) is 0 Å². The van der Waals surface area contributed by atoms with Crippen molar-refractivity contribution >= 4 is 27.3 Å². The van der Waals surface area contributed by atoms with Crippen molar-refractivity contribution in [1.29, 1.82) is 0 Å². The molecule has 5 nitrogen and oxygen atoms in total. The molecule has 0 atom stereocenters. The highest BCUT2D eigenvalue weighted by molar-refractivity contribution is 9.10. The molecule has 20 heavy (non-hydrogen) atoms. The maximum atomic E-state index is 10.9. The fraction of sp³-hybridized carbons (Fsp3) is 0.0714. The number of nitro groups is 1. The predicted octanol–water partition coefficient (Wildman–Crippen LogP) is 3.76. The van der Waals surface area contributed by atoms with Crippen molar-refractivity contribution in [3.8, 4) is 0 Å². The Morgan fingerprint density at radius 3 is 2.65 bits per heavy atom. The van der Waals surface area contributed by atoms with E-state index in [0.29, 0.717) is 11.3 Å². The van der Waals surface area contributed by atoms with Crippen molar-refractivity contribution in [3.05, 3.63) is 74.2 Å². The van der Waals surface area contributed by atoms with Crippen LogP contribution in [0.4, 0.5) is 5.69 Å². The monoisotopic (exact) mass is 334 g/mol. The van der Waals surface area contributed by atoms with Gasteiger partial charge in [-0.15, -0.1) is 0 Å². The lowest BCUT2D eigenvalue weighted by Crippen LogP contribution is -2.05. The van der Waals surface area contributed by atoms with Crippen molar-refractivity contribution in [2.75, 3.05) is 7.11 Å². The molecule has 6 heteroatoms. The molecule has 0 saturated carbocycles. The molecular formula is C14H11BrN2O3. The van der Waals surface area contributed by atoms with Crippen LogP contribution < -0.4 is 0 Å². The molecule has 0 aliphatic rings. The van der Waals surface area contributed by atoms with E-state index >= 15 is 0 Å². The van der Waals surface area contributed by atoms with Crippen LogP contribution in [0.3, 0.4) is 0 Å². The molecule has 2 rings (SSSR count). The van der Waals surface area contributed by atoms with E-state index in [1.807, 2.05) is 24.3 Å². The van der Waals surface area contributed by atoms with Gasteiger partial charge >= 0.3 is 0 Å². The van der Waals surface area contributed by atoms with Gasteiger partial charge in [-0.25, -0.2) is 0 Å². The predicted molar refractivity (Wildman–Crippen MR) is 79.9 cm³/mol. The molecule has 0 radical (unpaired) electrons. The molecule has 0 bridgehead atoms. The highest BCUT2D eigenvalue weighted by Crippen LogP contribution is 2.22. The Labute approximate surface area is 124 Å². The molecule has 0 aliphatic heterocycles. The SMILES string of the molecule is CO/N=C(\c1cccc([N+](=O)[O-])c1)c1ccccc1Br. The number of non-ortho nitro benzene ring substituents is 1. The van der Waals surface area contributed by atoms with E-state index in [0.717, 1.165) is 10.0 Å². The van der Waals surface area contributed by atoms with Crippen molar-refractivity contribution in [1.82, 2.24) is 0 Å². The molecule has 2 aromatic carbocycles. The lowest BCUT2D eigenvalue weighted by Gasteiger charge is -2.08. The summed E-state index contributed by atoms with van der Waals surface area (Å²) in [6, 6.07) is 13.8. The van der Waals surface area contributed by atoms with Gasteiger partial charge in [0.1, 0.15) is 12.8 Å². The molecule has 0 fully saturated rings. The maximum absolute atomic E-state index is 10.9. The second kappa shape index (κ2) is 6.29. The van der Waals surface area contributed by atoms with Crippen molar-refractivity contribution < 1.29 is 9.76 Å². The summed E-state index contributed by atoms with van der Waals surface area (Å²) in [4.78, 5) is 15.3. The molecule has 0 amide bonds. The highest BCUT2D eigenvalue weighted by atomic mass is 79.9. The summed E-state index contributed by atoms with van der Waals surface area (Å²) >= 11 is 3.44. The lowest BCUT2D eigenvalue weighted by molar-refractivity contribution is -0.384. The minimum absolute atomic E-state index is 0.0124. The third-order valence-corrected chi connectivity index (χ3v) is 3.33. The topological polar surface area (TPSA) is 64.7 Å². The van der Waals surface area contributed by atoms with Crippen LogP contribution in [-0.4, -0.2) is 17.7 Å². The third-order valence-electron chi connectivity index (χ3n) is 2.64. The molecule has 0 saturated heterocycles. The third kappa shape index (κ3) is 3.03. The van der Waals surface area contributed by atoms with Gasteiger partial charge in [-0.2, -0.15) is 0 Å². The summed E-state index contributed by atoms with van der Waals surface area (Å²) in [6.45, 7) is 0. The van der Waals surface area contributed by atoms with Crippen LogP contribution in [0.15, 0.2) is 58.2 Å². The van der Waals surface area contributed by atoms with E-state index in [-0.39, 0.29) is 5.69 Å². The number of halogens is 1. The van der Waals surface area contributed by atoms with Gasteiger partial charge < -0.3 is 4.84 Å². The number of hydrogen-bond acceptors (Lipinski definition) is 4. The normalized spacial score (nSPS) is 11.2. The first-order valence-corrected chi connectivity index (χ1v) is 6.53. The molecule has 0 heterocycles. The Morgan fingerprint density at radius 1 is 1.25 bits per heavy atom. The van der Waals surface area contributed by atoms with E-state index in [4.69, 9.17) is 4.84 Å². The second-order valence-corrected chi connectivity index (χ2v) is 4.76. The number of benzene rings is 2. The van der Waals surface area contributed by atoms with Crippen LogP contribution in [0.2, 0.25) is 0 Å². The fourth-order valence-electron chi connectivity index (χ4n) is 1.77. The summed E-state index contributed by atoms with van der Waals surface area (Å²) in [5, 5.41) is 14.9. The Balaban J connectivity index is 2.56. The van der Waals surface area contributed by atoms with Crippen LogP contribution in [-0.2, 0) is 4.84 Å². The second-order valence-electron chi connectivity index (χ2n) is 3.91. The number of nitrogens with zero attached hydrogens (tertiary/aromatic N) is 2. The lowest BCUT2D eigenvalue weighted by atomic mass is 10.0. The average Bonchev–Trinajstić information content (AvgIpc) is 2.46.